The molecule has 112 valence electrons. The van der Waals surface area contributed by atoms with Crippen LogP contribution < -0.4 is 0 Å². The van der Waals surface area contributed by atoms with Crippen LogP contribution in [0.4, 0.5) is 0 Å². The van der Waals surface area contributed by atoms with Gasteiger partial charge in [0.05, 0.1) is 0 Å². The number of carbonyl (C=O) groups is 1. The van der Waals surface area contributed by atoms with E-state index in [2.05, 4.69) is 24.4 Å². The minimum Gasteiger partial charge on any atom is -0.367 e. The maximum atomic E-state index is 13.2. The van der Waals surface area contributed by atoms with Crippen LogP contribution in [-0.4, -0.2) is 18.0 Å². The third-order valence-corrected chi connectivity index (χ3v) is 5.60. The van der Waals surface area contributed by atoms with Gasteiger partial charge in [-0.2, -0.15) is 0 Å². The second kappa shape index (κ2) is 5.90. The molecule has 0 unspecified atom stereocenters. The smallest absolute Gasteiger partial charge is 0.196 e. The predicted molar refractivity (Wildman–Crippen MR) is 88.1 cm³/mol. The van der Waals surface area contributed by atoms with Gasteiger partial charge in [-0.25, -0.2) is 0 Å². The summed E-state index contributed by atoms with van der Waals surface area (Å²) in [5.41, 5.74) is 0.241. The summed E-state index contributed by atoms with van der Waals surface area (Å²) in [4.78, 5) is 13.2. The second-order valence-electron chi connectivity index (χ2n) is 6.08. The van der Waals surface area contributed by atoms with E-state index in [1.165, 1.54) is 0 Å². The first-order chi connectivity index (χ1) is 10.2. The van der Waals surface area contributed by atoms with Gasteiger partial charge in [-0.15, -0.1) is 11.3 Å². The maximum absolute atomic E-state index is 13.2. The first-order valence-corrected chi connectivity index (χ1v) is 8.69. The summed E-state index contributed by atoms with van der Waals surface area (Å²) < 4.78 is 7.11. The van der Waals surface area contributed by atoms with E-state index < -0.39 is 5.60 Å². The molecule has 1 heterocycles. The topological polar surface area (TPSA) is 26.3 Å². The monoisotopic (exact) mass is 302 g/mol. The lowest BCUT2D eigenvalue weighted by Crippen LogP contribution is -2.44. The Balaban J connectivity index is 1.99. The van der Waals surface area contributed by atoms with Gasteiger partial charge in [0, 0.05) is 16.9 Å². The van der Waals surface area contributed by atoms with Gasteiger partial charge >= 0.3 is 0 Å². The molecule has 21 heavy (non-hydrogen) atoms. The van der Waals surface area contributed by atoms with Crippen molar-refractivity contribution in [3.05, 3.63) is 35.2 Å². The summed E-state index contributed by atoms with van der Waals surface area (Å²) in [5.74, 6) is 0.883. The summed E-state index contributed by atoms with van der Waals surface area (Å²) in [6.45, 7) is 4.85. The van der Waals surface area contributed by atoms with E-state index in [-0.39, 0.29) is 5.78 Å². The van der Waals surface area contributed by atoms with Crippen LogP contribution in [-0.2, 0) is 4.74 Å². The van der Waals surface area contributed by atoms with Crippen LogP contribution in [0.3, 0.4) is 0 Å². The molecule has 0 bridgehead atoms. The first kappa shape index (κ1) is 14.7. The molecular weight excluding hydrogens is 280 g/mol. The first-order valence-electron chi connectivity index (χ1n) is 7.81. The Labute approximate surface area is 130 Å². The zero-order chi connectivity index (χ0) is 14.9. The fourth-order valence-corrected chi connectivity index (χ4v) is 4.27. The number of thiophene rings is 1. The van der Waals surface area contributed by atoms with Crippen molar-refractivity contribution in [2.24, 2.45) is 5.92 Å². The minimum absolute atomic E-state index is 0.185. The van der Waals surface area contributed by atoms with Gasteiger partial charge in [0.1, 0.15) is 5.60 Å². The Bertz CT molecular complexity index is 635. The number of hydrogen-bond acceptors (Lipinski definition) is 3. The summed E-state index contributed by atoms with van der Waals surface area (Å²) in [5, 5.41) is 3.21. The van der Waals surface area contributed by atoms with Crippen molar-refractivity contribution in [3.8, 4) is 0 Å². The van der Waals surface area contributed by atoms with E-state index in [1.807, 2.05) is 19.1 Å². The standard InChI is InChI=1S/C18H22O2S/c1-3-20-18(10-7-13(2)8-11-18)17(19)15-6-4-5-14-9-12-21-16(14)15/h4-6,9,12-13H,3,7-8,10-11H2,1-2H3. The Morgan fingerprint density at radius 2 is 2.10 bits per heavy atom. The van der Waals surface area contributed by atoms with Crippen LogP contribution in [0, 0.1) is 5.92 Å². The Morgan fingerprint density at radius 3 is 2.81 bits per heavy atom. The molecule has 0 saturated heterocycles. The number of fused-ring (bicyclic) bond motifs is 1. The highest BCUT2D eigenvalue weighted by Crippen LogP contribution is 2.39. The number of hydrogen-bond donors (Lipinski definition) is 0. The third-order valence-electron chi connectivity index (χ3n) is 4.64. The van der Waals surface area contributed by atoms with Gasteiger partial charge < -0.3 is 4.74 Å². The Hall–Kier alpha value is -1.19. The SMILES string of the molecule is CCOC1(C(=O)c2cccc3ccsc23)CCC(C)CC1. The molecule has 0 atom stereocenters. The Morgan fingerprint density at radius 1 is 1.33 bits per heavy atom. The number of benzene rings is 1. The van der Waals surface area contributed by atoms with Crippen LogP contribution in [0.25, 0.3) is 10.1 Å². The fourth-order valence-electron chi connectivity index (χ4n) is 3.36. The molecule has 3 heteroatoms. The summed E-state index contributed by atoms with van der Waals surface area (Å²) in [6, 6.07) is 8.08. The molecule has 0 aliphatic heterocycles. The highest BCUT2D eigenvalue weighted by molar-refractivity contribution is 7.17. The van der Waals surface area contributed by atoms with Gasteiger partial charge in [0.15, 0.2) is 5.78 Å². The zero-order valence-corrected chi connectivity index (χ0v) is 13.5. The lowest BCUT2D eigenvalue weighted by molar-refractivity contribution is -0.0472. The molecule has 1 aromatic heterocycles. The number of Topliss-reactive ketones (excluding diaryl/α,β-unsaturated/α-hetero) is 1. The van der Waals surface area contributed by atoms with Crippen LogP contribution in [0.1, 0.15) is 49.9 Å². The van der Waals surface area contributed by atoms with E-state index in [0.717, 1.165) is 41.3 Å². The van der Waals surface area contributed by atoms with Crippen molar-refractivity contribution in [2.45, 2.75) is 45.1 Å². The highest BCUT2D eigenvalue weighted by atomic mass is 32.1. The van der Waals surface area contributed by atoms with Crippen molar-refractivity contribution < 1.29 is 9.53 Å². The minimum atomic E-state index is -0.598. The van der Waals surface area contributed by atoms with E-state index in [4.69, 9.17) is 4.74 Å². The average molecular weight is 302 g/mol. The van der Waals surface area contributed by atoms with Crippen molar-refractivity contribution in [1.82, 2.24) is 0 Å². The van der Waals surface area contributed by atoms with Crippen LogP contribution >= 0.6 is 11.3 Å². The van der Waals surface area contributed by atoms with E-state index in [0.29, 0.717) is 12.5 Å². The maximum Gasteiger partial charge on any atom is 0.196 e. The number of carbonyl (C=O) groups excluding carboxylic acids is 1. The lowest BCUT2D eigenvalue weighted by atomic mass is 9.75. The predicted octanol–water partition coefficient (Wildman–Crippen LogP) is 5.07. The molecule has 0 N–H and O–H groups in total. The molecule has 1 aliphatic carbocycles. The summed E-state index contributed by atoms with van der Waals surface area (Å²) in [6.07, 6.45) is 3.85. The molecule has 3 rings (SSSR count). The number of rotatable bonds is 4. The van der Waals surface area contributed by atoms with Gasteiger partial charge in [-0.1, -0.05) is 19.1 Å². The van der Waals surface area contributed by atoms with Gasteiger partial charge in [-0.05, 0) is 61.4 Å². The fraction of sp³-hybridized carbons (Fsp3) is 0.500. The lowest BCUT2D eigenvalue weighted by Gasteiger charge is -2.38. The van der Waals surface area contributed by atoms with Gasteiger partial charge in [-0.3, -0.25) is 4.79 Å². The van der Waals surface area contributed by atoms with Gasteiger partial charge in [0.25, 0.3) is 0 Å². The molecule has 2 aromatic rings. The third kappa shape index (κ3) is 2.65. The molecule has 1 saturated carbocycles. The van der Waals surface area contributed by atoms with Crippen molar-refractivity contribution in [1.29, 1.82) is 0 Å². The van der Waals surface area contributed by atoms with Crippen LogP contribution in [0.2, 0.25) is 0 Å². The van der Waals surface area contributed by atoms with Crippen LogP contribution in [0.15, 0.2) is 29.6 Å². The molecule has 1 fully saturated rings. The van der Waals surface area contributed by atoms with Crippen LogP contribution in [0.5, 0.6) is 0 Å². The molecule has 0 amide bonds. The summed E-state index contributed by atoms with van der Waals surface area (Å²) >= 11 is 1.65. The van der Waals surface area contributed by atoms with Crippen molar-refractivity contribution in [2.75, 3.05) is 6.61 Å². The molecule has 0 radical (unpaired) electrons. The number of ether oxygens (including phenoxy) is 1. The average Bonchev–Trinajstić information content (AvgIpc) is 2.98. The van der Waals surface area contributed by atoms with E-state index in [1.54, 1.807) is 11.3 Å². The quantitative estimate of drug-likeness (QED) is 0.737. The largest absolute Gasteiger partial charge is 0.367 e. The van der Waals surface area contributed by atoms with E-state index in [9.17, 15) is 4.79 Å². The zero-order valence-electron chi connectivity index (χ0n) is 12.7. The molecule has 1 aliphatic rings. The van der Waals surface area contributed by atoms with Crippen molar-refractivity contribution in [3.63, 3.8) is 0 Å². The highest BCUT2D eigenvalue weighted by Gasteiger charge is 2.42. The van der Waals surface area contributed by atoms with Gasteiger partial charge in [0.2, 0.25) is 0 Å². The summed E-state index contributed by atoms with van der Waals surface area (Å²) in [7, 11) is 0. The van der Waals surface area contributed by atoms with E-state index >= 15 is 0 Å². The Kier molecular flexibility index (Phi) is 4.14. The second-order valence-corrected chi connectivity index (χ2v) is 7.00. The molecule has 1 aromatic carbocycles. The van der Waals surface area contributed by atoms with Crippen molar-refractivity contribution >= 4 is 27.2 Å². The molecule has 0 spiro atoms. The normalized spacial score (nSPS) is 26.1. The molecule has 2 nitrogen and oxygen atoms in total. The molecular formula is C18H22O2S. The number of ketones is 1.